The molecule has 102 valence electrons. The fourth-order valence-electron chi connectivity index (χ4n) is 2.04. The van der Waals surface area contributed by atoms with Crippen molar-refractivity contribution in [3.63, 3.8) is 0 Å². The molecule has 0 aromatic rings. The van der Waals surface area contributed by atoms with Gasteiger partial charge in [0.25, 0.3) is 0 Å². The van der Waals surface area contributed by atoms with Crippen LogP contribution in [0.1, 0.15) is 47.0 Å². The topological polar surface area (TPSA) is 75.4 Å². The van der Waals surface area contributed by atoms with Crippen LogP contribution in [-0.2, 0) is 4.79 Å². The van der Waals surface area contributed by atoms with Gasteiger partial charge in [0.2, 0.25) is 5.91 Å². The Balaban J connectivity index is 4.57. The SMILES string of the molecule is CCC(CC)(CN)C(=O)NC(CO)CC(C)C. The lowest BCUT2D eigenvalue weighted by Gasteiger charge is -2.31. The molecule has 0 aliphatic rings. The van der Waals surface area contributed by atoms with Crippen LogP contribution in [0, 0.1) is 11.3 Å². The van der Waals surface area contributed by atoms with Gasteiger partial charge in [0, 0.05) is 6.54 Å². The van der Waals surface area contributed by atoms with Gasteiger partial charge in [-0.1, -0.05) is 27.7 Å². The first-order chi connectivity index (χ1) is 7.95. The van der Waals surface area contributed by atoms with Gasteiger partial charge in [0.05, 0.1) is 18.1 Å². The predicted molar refractivity (Wildman–Crippen MR) is 70.5 cm³/mol. The van der Waals surface area contributed by atoms with Crippen LogP contribution in [0.2, 0.25) is 0 Å². The average molecular weight is 244 g/mol. The maximum absolute atomic E-state index is 12.2. The number of aliphatic hydroxyl groups excluding tert-OH is 1. The van der Waals surface area contributed by atoms with Crippen molar-refractivity contribution in [3.05, 3.63) is 0 Å². The Morgan fingerprint density at radius 3 is 2.18 bits per heavy atom. The third-order valence-corrected chi connectivity index (χ3v) is 3.54. The minimum absolute atomic E-state index is 0.0159. The fraction of sp³-hybridized carbons (Fsp3) is 0.923. The van der Waals surface area contributed by atoms with E-state index in [1.165, 1.54) is 0 Å². The summed E-state index contributed by atoms with van der Waals surface area (Å²) in [4.78, 5) is 12.2. The van der Waals surface area contributed by atoms with Crippen molar-refractivity contribution in [1.29, 1.82) is 0 Å². The molecular formula is C13H28N2O2. The van der Waals surface area contributed by atoms with Crippen LogP contribution in [0.25, 0.3) is 0 Å². The van der Waals surface area contributed by atoms with E-state index in [1.54, 1.807) is 0 Å². The first-order valence-corrected chi connectivity index (χ1v) is 6.57. The van der Waals surface area contributed by atoms with Crippen LogP contribution in [0.15, 0.2) is 0 Å². The molecule has 4 heteroatoms. The smallest absolute Gasteiger partial charge is 0.227 e. The number of nitrogens with two attached hydrogens (primary N) is 1. The summed E-state index contributed by atoms with van der Waals surface area (Å²) in [6.07, 6.45) is 2.24. The van der Waals surface area contributed by atoms with E-state index in [0.717, 1.165) is 19.3 Å². The first kappa shape index (κ1) is 16.4. The van der Waals surface area contributed by atoms with Crippen LogP contribution in [-0.4, -0.2) is 30.2 Å². The van der Waals surface area contributed by atoms with Crippen LogP contribution in [0.3, 0.4) is 0 Å². The molecule has 4 nitrogen and oxygen atoms in total. The number of nitrogens with one attached hydrogen (secondary N) is 1. The summed E-state index contributed by atoms with van der Waals surface area (Å²) in [6, 6.07) is -0.161. The highest BCUT2D eigenvalue weighted by molar-refractivity contribution is 5.83. The molecule has 0 spiro atoms. The second-order valence-electron chi connectivity index (χ2n) is 5.17. The van der Waals surface area contributed by atoms with Gasteiger partial charge in [-0.25, -0.2) is 0 Å². The number of aliphatic hydroxyl groups is 1. The number of amides is 1. The normalized spacial score (nSPS) is 13.8. The van der Waals surface area contributed by atoms with E-state index in [9.17, 15) is 9.90 Å². The molecule has 0 aromatic carbocycles. The zero-order valence-electron chi connectivity index (χ0n) is 11.6. The summed E-state index contributed by atoms with van der Waals surface area (Å²) >= 11 is 0. The second kappa shape index (κ2) is 7.67. The number of hydrogen-bond donors (Lipinski definition) is 3. The van der Waals surface area contributed by atoms with Crippen LogP contribution in [0.5, 0.6) is 0 Å². The lowest BCUT2D eigenvalue weighted by molar-refractivity contribution is -0.132. The molecule has 0 heterocycles. The fourth-order valence-corrected chi connectivity index (χ4v) is 2.04. The largest absolute Gasteiger partial charge is 0.394 e. The minimum Gasteiger partial charge on any atom is -0.394 e. The highest BCUT2D eigenvalue weighted by Crippen LogP contribution is 2.25. The van der Waals surface area contributed by atoms with Gasteiger partial charge < -0.3 is 16.2 Å². The van der Waals surface area contributed by atoms with Crippen molar-refractivity contribution < 1.29 is 9.90 Å². The predicted octanol–water partition coefficient (Wildman–Crippen LogP) is 1.27. The van der Waals surface area contributed by atoms with Crippen LogP contribution < -0.4 is 11.1 Å². The molecule has 0 radical (unpaired) electrons. The van der Waals surface area contributed by atoms with Crippen LogP contribution in [0.4, 0.5) is 0 Å². The zero-order chi connectivity index (χ0) is 13.5. The molecule has 0 aliphatic carbocycles. The third-order valence-electron chi connectivity index (χ3n) is 3.54. The lowest BCUT2D eigenvalue weighted by Crippen LogP contribution is -2.50. The number of hydrogen-bond acceptors (Lipinski definition) is 3. The molecular weight excluding hydrogens is 216 g/mol. The van der Waals surface area contributed by atoms with Gasteiger partial charge in [-0.3, -0.25) is 4.79 Å². The van der Waals surface area contributed by atoms with Crippen LogP contribution >= 0.6 is 0 Å². The molecule has 0 aromatic heterocycles. The van der Waals surface area contributed by atoms with E-state index >= 15 is 0 Å². The van der Waals surface area contributed by atoms with Crippen molar-refractivity contribution in [2.24, 2.45) is 17.1 Å². The summed E-state index contributed by atoms with van der Waals surface area (Å²) < 4.78 is 0. The van der Waals surface area contributed by atoms with E-state index in [0.29, 0.717) is 12.5 Å². The molecule has 17 heavy (non-hydrogen) atoms. The Morgan fingerprint density at radius 1 is 1.35 bits per heavy atom. The summed E-state index contributed by atoms with van der Waals surface area (Å²) in [7, 11) is 0. The van der Waals surface area contributed by atoms with Gasteiger partial charge in [0.1, 0.15) is 0 Å². The Hall–Kier alpha value is -0.610. The zero-order valence-corrected chi connectivity index (χ0v) is 11.6. The van der Waals surface area contributed by atoms with E-state index in [-0.39, 0.29) is 18.6 Å². The summed E-state index contributed by atoms with van der Waals surface area (Å²) in [6.45, 7) is 8.44. The van der Waals surface area contributed by atoms with Crippen molar-refractivity contribution in [3.8, 4) is 0 Å². The van der Waals surface area contributed by atoms with Crippen molar-refractivity contribution in [1.82, 2.24) is 5.32 Å². The van der Waals surface area contributed by atoms with Crippen molar-refractivity contribution in [2.45, 2.75) is 53.0 Å². The number of rotatable bonds is 8. The molecule has 0 rings (SSSR count). The van der Waals surface area contributed by atoms with E-state index in [1.807, 2.05) is 13.8 Å². The van der Waals surface area contributed by atoms with Gasteiger partial charge >= 0.3 is 0 Å². The van der Waals surface area contributed by atoms with E-state index < -0.39 is 5.41 Å². The molecule has 4 N–H and O–H groups in total. The summed E-state index contributed by atoms with van der Waals surface area (Å²) in [5.74, 6) is 0.424. The highest BCUT2D eigenvalue weighted by Gasteiger charge is 2.34. The maximum atomic E-state index is 12.2. The summed E-state index contributed by atoms with van der Waals surface area (Å²) in [5.41, 5.74) is 5.24. The first-order valence-electron chi connectivity index (χ1n) is 6.57. The molecule has 0 bridgehead atoms. The second-order valence-corrected chi connectivity index (χ2v) is 5.17. The van der Waals surface area contributed by atoms with Gasteiger partial charge in [-0.2, -0.15) is 0 Å². The van der Waals surface area contributed by atoms with E-state index in [4.69, 9.17) is 5.73 Å². The molecule has 1 amide bonds. The molecule has 0 aliphatic heterocycles. The lowest BCUT2D eigenvalue weighted by atomic mass is 9.81. The van der Waals surface area contributed by atoms with Gasteiger partial charge in [-0.05, 0) is 25.2 Å². The minimum atomic E-state index is -0.482. The maximum Gasteiger partial charge on any atom is 0.227 e. The Bertz CT molecular complexity index is 217. The van der Waals surface area contributed by atoms with Gasteiger partial charge in [0.15, 0.2) is 0 Å². The number of carbonyl (C=O) groups is 1. The number of carbonyl (C=O) groups excluding carboxylic acids is 1. The van der Waals surface area contributed by atoms with E-state index in [2.05, 4.69) is 19.2 Å². The molecule has 1 unspecified atom stereocenters. The Labute approximate surface area is 105 Å². The Morgan fingerprint density at radius 2 is 1.88 bits per heavy atom. The molecule has 0 fully saturated rings. The van der Waals surface area contributed by atoms with Crippen molar-refractivity contribution in [2.75, 3.05) is 13.2 Å². The van der Waals surface area contributed by atoms with Gasteiger partial charge in [-0.15, -0.1) is 0 Å². The average Bonchev–Trinajstić information content (AvgIpc) is 2.30. The Kier molecular flexibility index (Phi) is 7.39. The quantitative estimate of drug-likeness (QED) is 0.602. The highest BCUT2D eigenvalue weighted by atomic mass is 16.3. The third kappa shape index (κ3) is 4.64. The molecule has 0 saturated heterocycles. The molecule has 1 atom stereocenters. The summed E-state index contributed by atoms with van der Waals surface area (Å²) in [5, 5.41) is 12.2. The standard InChI is InChI=1S/C13H28N2O2/c1-5-13(6-2,9-14)12(17)15-11(8-16)7-10(3)4/h10-11,16H,5-9,14H2,1-4H3,(H,15,17). The van der Waals surface area contributed by atoms with Crippen molar-refractivity contribution >= 4 is 5.91 Å². The monoisotopic (exact) mass is 244 g/mol. The molecule has 0 saturated carbocycles.